The Hall–Kier alpha value is -0.640. The van der Waals surface area contributed by atoms with Gasteiger partial charge >= 0.3 is 0 Å². The van der Waals surface area contributed by atoms with Crippen LogP contribution in [0.25, 0.3) is 0 Å². The second-order valence-corrected chi connectivity index (χ2v) is 3.66. The Morgan fingerprint density at radius 3 is 2.64 bits per heavy atom. The molecule has 0 aliphatic carbocycles. The number of halogens is 3. The van der Waals surface area contributed by atoms with E-state index >= 15 is 0 Å². The second kappa shape index (κ2) is 4.73. The van der Waals surface area contributed by atoms with Crippen LogP contribution in [0.4, 0.5) is 8.78 Å². The molecule has 1 unspecified atom stereocenters. The van der Waals surface area contributed by atoms with Crippen LogP contribution in [0.2, 0.25) is 0 Å². The zero-order valence-electron chi connectivity index (χ0n) is 7.98. The lowest BCUT2D eigenvalue weighted by atomic mass is 10.1. The maximum absolute atomic E-state index is 13.5. The average Bonchev–Trinajstić information content (AvgIpc) is 2.13. The summed E-state index contributed by atoms with van der Waals surface area (Å²) in [4.78, 5) is 0. The third-order valence-corrected chi connectivity index (χ3v) is 2.54. The summed E-state index contributed by atoms with van der Waals surface area (Å²) in [6.07, 6.45) is -0.853. The van der Waals surface area contributed by atoms with Crippen molar-refractivity contribution in [1.29, 1.82) is 0 Å². The van der Waals surface area contributed by atoms with Crippen molar-refractivity contribution in [2.45, 2.75) is 26.6 Å². The zero-order valence-corrected chi connectivity index (χ0v) is 9.57. The Labute approximate surface area is 90.2 Å². The average molecular weight is 265 g/mol. The highest BCUT2D eigenvalue weighted by molar-refractivity contribution is 9.10. The molecule has 0 bridgehead atoms. The molecule has 0 N–H and O–H groups in total. The van der Waals surface area contributed by atoms with Gasteiger partial charge in [0, 0.05) is 6.92 Å². The number of benzene rings is 1. The Bertz CT molecular complexity index is 326. The van der Waals surface area contributed by atoms with Crippen LogP contribution < -0.4 is 4.74 Å². The molecule has 0 saturated heterocycles. The van der Waals surface area contributed by atoms with Gasteiger partial charge in [-0.3, -0.25) is 0 Å². The highest BCUT2D eigenvalue weighted by Crippen LogP contribution is 2.30. The SMILES string of the molecule is CCc1ccc(OC(C)F)c(Br)c1F. The summed E-state index contributed by atoms with van der Waals surface area (Å²) in [6.45, 7) is 3.10. The Balaban J connectivity index is 3.04. The van der Waals surface area contributed by atoms with Crippen LogP contribution in [-0.4, -0.2) is 6.36 Å². The Kier molecular flexibility index (Phi) is 3.86. The van der Waals surface area contributed by atoms with Crippen LogP contribution in [0, 0.1) is 5.82 Å². The topological polar surface area (TPSA) is 9.23 Å². The minimum absolute atomic E-state index is 0.182. The summed E-state index contributed by atoms with van der Waals surface area (Å²) in [5, 5.41) is 0. The van der Waals surface area contributed by atoms with Crippen LogP contribution in [0.15, 0.2) is 16.6 Å². The molecule has 0 aliphatic heterocycles. The third kappa shape index (κ3) is 2.44. The molecule has 1 aromatic rings. The molecule has 1 rings (SSSR count). The molecule has 1 nitrogen and oxygen atoms in total. The first-order chi connectivity index (χ1) is 6.56. The van der Waals surface area contributed by atoms with E-state index in [1.165, 1.54) is 6.92 Å². The van der Waals surface area contributed by atoms with Crippen molar-refractivity contribution >= 4 is 15.9 Å². The predicted molar refractivity (Wildman–Crippen MR) is 54.7 cm³/mol. The Morgan fingerprint density at radius 1 is 1.50 bits per heavy atom. The number of aryl methyl sites for hydroxylation is 1. The molecule has 1 atom stereocenters. The van der Waals surface area contributed by atoms with Gasteiger partial charge in [-0.05, 0) is 34.0 Å². The first kappa shape index (κ1) is 11.4. The molecule has 4 heteroatoms. The van der Waals surface area contributed by atoms with Gasteiger partial charge < -0.3 is 4.74 Å². The van der Waals surface area contributed by atoms with Crippen LogP contribution in [-0.2, 0) is 6.42 Å². The minimum Gasteiger partial charge on any atom is -0.459 e. The second-order valence-electron chi connectivity index (χ2n) is 2.87. The van der Waals surface area contributed by atoms with Gasteiger partial charge in [-0.25, -0.2) is 8.78 Å². The van der Waals surface area contributed by atoms with Gasteiger partial charge in [0.05, 0.1) is 4.47 Å². The molecule has 0 fully saturated rings. The summed E-state index contributed by atoms with van der Waals surface area (Å²) in [6, 6.07) is 3.15. The minimum atomic E-state index is -1.45. The van der Waals surface area contributed by atoms with Gasteiger partial charge in [-0.2, -0.15) is 0 Å². The fourth-order valence-corrected chi connectivity index (χ4v) is 1.59. The number of rotatable bonds is 3. The first-order valence-corrected chi connectivity index (χ1v) is 5.13. The molecule has 0 heterocycles. The summed E-state index contributed by atoms with van der Waals surface area (Å²) >= 11 is 3.03. The van der Waals surface area contributed by atoms with Crippen molar-refractivity contribution in [1.82, 2.24) is 0 Å². The maximum atomic E-state index is 13.5. The molecular formula is C10H11BrF2O. The lowest BCUT2D eigenvalue weighted by Crippen LogP contribution is -2.05. The van der Waals surface area contributed by atoms with Gasteiger partial charge in [-0.1, -0.05) is 13.0 Å². The molecule has 0 radical (unpaired) electrons. The fourth-order valence-electron chi connectivity index (χ4n) is 1.11. The van der Waals surface area contributed by atoms with E-state index in [9.17, 15) is 8.78 Å². The number of alkyl halides is 1. The summed E-state index contributed by atoms with van der Waals surface area (Å²) in [7, 11) is 0. The number of hydrogen-bond acceptors (Lipinski definition) is 1. The third-order valence-electron chi connectivity index (χ3n) is 1.80. The van der Waals surface area contributed by atoms with Crippen molar-refractivity contribution in [3.05, 3.63) is 28.0 Å². The summed E-state index contributed by atoms with van der Waals surface area (Å²) < 4.78 is 30.9. The quantitative estimate of drug-likeness (QED) is 0.806. The van der Waals surface area contributed by atoms with Crippen LogP contribution >= 0.6 is 15.9 Å². The van der Waals surface area contributed by atoms with Gasteiger partial charge in [0.2, 0.25) is 6.36 Å². The molecule has 14 heavy (non-hydrogen) atoms. The van der Waals surface area contributed by atoms with E-state index in [2.05, 4.69) is 15.9 Å². The molecule has 1 aromatic carbocycles. The smallest absolute Gasteiger partial charge is 0.235 e. The van der Waals surface area contributed by atoms with E-state index in [4.69, 9.17) is 4.74 Å². The summed E-state index contributed by atoms with van der Waals surface area (Å²) in [5.74, 6) is -0.194. The molecule has 0 spiro atoms. The molecule has 78 valence electrons. The predicted octanol–water partition coefficient (Wildman–Crippen LogP) is 3.84. The zero-order chi connectivity index (χ0) is 10.7. The molecule has 0 aromatic heterocycles. The van der Waals surface area contributed by atoms with Crippen molar-refractivity contribution in [2.75, 3.05) is 0 Å². The lowest BCUT2D eigenvalue weighted by Gasteiger charge is -2.10. The van der Waals surface area contributed by atoms with E-state index < -0.39 is 6.36 Å². The summed E-state index contributed by atoms with van der Waals surface area (Å²) in [5.41, 5.74) is 0.579. The van der Waals surface area contributed by atoms with Crippen molar-refractivity contribution in [2.24, 2.45) is 0 Å². The lowest BCUT2D eigenvalue weighted by molar-refractivity contribution is 0.0847. The standard InChI is InChI=1S/C10H11BrF2O/c1-3-7-4-5-8(14-6(2)12)9(11)10(7)13/h4-6H,3H2,1-2H3. The monoisotopic (exact) mass is 264 g/mol. The van der Waals surface area contributed by atoms with Gasteiger partial charge in [0.15, 0.2) is 0 Å². The van der Waals surface area contributed by atoms with Gasteiger partial charge in [0.1, 0.15) is 11.6 Å². The number of hydrogen-bond donors (Lipinski definition) is 0. The number of ether oxygens (including phenoxy) is 1. The molecular weight excluding hydrogens is 254 g/mol. The van der Waals surface area contributed by atoms with Crippen LogP contribution in [0.3, 0.4) is 0 Å². The highest BCUT2D eigenvalue weighted by atomic mass is 79.9. The van der Waals surface area contributed by atoms with E-state index in [0.717, 1.165) is 0 Å². The highest BCUT2D eigenvalue weighted by Gasteiger charge is 2.12. The molecule has 0 saturated carbocycles. The maximum Gasteiger partial charge on any atom is 0.235 e. The van der Waals surface area contributed by atoms with Crippen LogP contribution in [0.5, 0.6) is 5.75 Å². The van der Waals surface area contributed by atoms with Gasteiger partial charge in [0.25, 0.3) is 0 Å². The van der Waals surface area contributed by atoms with Crippen molar-refractivity contribution < 1.29 is 13.5 Å². The van der Waals surface area contributed by atoms with E-state index in [0.29, 0.717) is 12.0 Å². The van der Waals surface area contributed by atoms with Crippen molar-refractivity contribution in [3.8, 4) is 5.75 Å². The first-order valence-electron chi connectivity index (χ1n) is 4.33. The normalized spacial score (nSPS) is 12.6. The van der Waals surface area contributed by atoms with Crippen molar-refractivity contribution in [3.63, 3.8) is 0 Å². The van der Waals surface area contributed by atoms with E-state index in [1.54, 1.807) is 12.1 Å². The Morgan fingerprint density at radius 2 is 2.14 bits per heavy atom. The van der Waals surface area contributed by atoms with E-state index in [-0.39, 0.29) is 16.0 Å². The molecule has 0 aliphatic rings. The fraction of sp³-hybridized carbons (Fsp3) is 0.400. The molecule has 0 amide bonds. The largest absolute Gasteiger partial charge is 0.459 e. The van der Waals surface area contributed by atoms with Crippen LogP contribution in [0.1, 0.15) is 19.4 Å². The van der Waals surface area contributed by atoms with E-state index in [1.807, 2.05) is 6.92 Å². The van der Waals surface area contributed by atoms with Gasteiger partial charge in [-0.15, -0.1) is 0 Å².